The molecule has 2 aliphatic rings. The molecule has 2 heterocycles. The fourth-order valence-electron chi connectivity index (χ4n) is 3.20. The average molecular weight is 254 g/mol. The fraction of sp³-hybridized carbons (Fsp3) is 0.929. The van der Waals surface area contributed by atoms with Crippen molar-refractivity contribution in [3.05, 3.63) is 0 Å². The molecule has 4 heteroatoms. The number of rotatable bonds is 0. The summed E-state index contributed by atoms with van der Waals surface area (Å²) in [5.74, 6) is 0. The molecule has 1 N–H and O–H groups in total. The molecule has 4 nitrogen and oxygen atoms in total. The molecule has 0 radical (unpaired) electrons. The molecule has 104 valence electrons. The second kappa shape index (κ2) is 4.72. The van der Waals surface area contributed by atoms with Crippen LogP contribution in [-0.2, 0) is 4.74 Å². The van der Waals surface area contributed by atoms with E-state index in [1.807, 2.05) is 25.7 Å². The van der Waals surface area contributed by atoms with Crippen molar-refractivity contribution in [1.29, 1.82) is 0 Å². The first kappa shape index (κ1) is 13.7. The van der Waals surface area contributed by atoms with Crippen LogP contribution in [0.5, 0.6) is 0 Å². The number of nitrogens with one attached hydrogen (secondary N) is 1. The quantitative estimate of drug-likeness (QED) is 0.721. The first-order chi connectivity index (χ1) is 8.30. The molecule has 2 unspecified atom stereocenters. The lowest BCUT2D eigenvalue weighted by atomic mass is 9.76. The lowest BCUT2D eigenvalue weighted by Gasteiger charge is -2.37. The Bertz CT molecular complexity index is 324. The van der Waals surface area contributed by atoms with E-state index < -0.39 is 5.60 Å². The molecule has 0 aliphatic carbocycles. The van der Waals surface area contributed by atoms with Crippen molar-refractivity contribution in [2.24, 2.45) is 5.41 Å². The van der Waals surface area contributed by atoms with Gasteiger partial charge >= 0.3 is 6.09 Å². The van der Waals surface area contributed by atoms with E-state index >= 15 is 0 Å². The number of ether oxygens (including phenoxy) is 1. The molecular formula is C14H26N2O2. The third kappa shape index (κ3) is 3.16. The minimum absolute atomic E-state index is 0.148. The van der Waals surface area contributed by atoms with E-state index in [9.17, 15) is 4.79 Å². The predicted octanol–water partition coefficient (Wildman–Crippen LogP) is 2.39. The highest BCUT2D eigenvalue weighted by Crippen LogP contribution is 2.40. The van der Waals surface area contributed by atoms with E-state index in [1.165, 1.54) is 12.8 Å². The summed E-state index contributed by atoms with van der Waals surface area (Å²) in [5, 5.41) is 3.48. The molecule has 0 aromatic heterocycles. The first-order valence-electron chi connectivity index (χ1n) is 7.01. The summed E-state index contributed by atoms with van der Waals surface area (Å²) in [6, 6.07) is 0.567. The maximum atomic E-state index is 12.1. The Balaban J connectivity index is 1.93. The van der Waals surface area contributed by atoms with Crippen LogP contribution in [-0.4, -0.2) is 42.3 Å². The standard InChI is InChI=1S/C14H26N2O2/c1-11-9-14(5-7-15-11)6-8-16(10-14)12(17)18-13(2,3)4/h11,15H,5-10H2,1-4H3. The highest BCUT2D eigenvalue weighted by atomic mass is 16.6. The summed E-state index contributed by atoms with van der Waals surface area (Å²) in [4.78, 5) is 13.9. The van der Waals surface area contributed by atoms with Gasteiger partial charge in [0.15, 0.2) is 0 Å². The van der Waals surface area contributed by atoms with Crippen LogP contribution >= 0.6 is 0 Å². The lowest BCUT2D eigenvalue weighted by Crippen LogP contribution is -2.44. The Morgan fingerprint density at radius 3 is 2.72 bits per heavy atom. The van der Waals surface area contributed by atoms with Crippen molar-refractivity contribution in [3.63, 3.8) is 0 Å². The van der Waals surface area contributed by atoms with Crippen LogP contribution in [0.15, 0.2) is 0 Å². The zero-order valence-corrected chi connectivity index (χ0v) is 12.1. The number of likely N-dealkylation sites (tertiary alicyclic amines) is 1. The van der Waals surface area contributed by atoms with Crippen LogP contribution in [0.1, 0.15) is 47.0 Å². The van der Waals surface area contributed by atoms with Gasteiger partial charge < -0.3 is 15.0 Å². The summed E-state index contributed by atoms with van der Waals surface area (Å²) >= 11 is 0. The Hall–Kier alpha value is -0.770. The molecule has 0 aromatic carbocycles. The van der Waals surface area contributed by atoms with Crippen molar-refractivity contribution in [2.45, 2.75) is 58.6 Å². The van der Waals surface area contributed by atoms with E-state index in [0.717, 1.165) is 26.1 Å². The second-order valence-electron chi connectivity index (χ2n) is 6.96. The fourth-order valence-corrected chi connectivity index (χ4v) is 3.20. The van der Waals surface area contributed by atoms with Crippen molar-refractivity contribution in [2.75, 3.05) is 19.6 Å². The van der Waals surface area contributed by atoms with Gasteiger partial charge in [-0.25, -0.2) is 4.79 Å². The molecule has 18 heavy (non-hydrogen) atoms. The number of carbonyl (C=O) groups is 1. The summed E-state index contributed by atoms with van der Waals surface area (Å²) in [7, 11) is 0. The van der Waals surface area contributed by atoms with Gasteiger partial charge in [-0.2, -0.15) is 0 Å². The van der Waals surface area contributed by atoms with E-state index in [2.05, 4.69) is 12.2 Å². The Morgan fingerprint density at radius 1 is 1.39 bits per heavy atom. The zero-order chi connectivity index (χ0) is 13.4. The smallest absolute Gasteiger partial charge is 0.410 e. The second-order valence-corrected chi connectivity index (χ2v) is 6.96. The Labute approximate surface area is 110 Å². The zero-order valence-electron chi connectivity index (χ0n) is 12.1. The van der Waals surface area contributed by atoms with Gasteiger partial charge in [0.2, 0.25) is 0 Å². The van der Waals surface area contributed by atoms with Crippen LogP contribution in [0.4, 0.5) is 4.79 Å². The molecular weight excluding hydrogens is 228 g/mol. The highest BCUT2D eigenvalue weighted by molar-refractivity contribution is 5.68. The minimum Gasteiger partial charge on any atom is -0.444 e. The van der Waals surface area contributed by atoms with Crippen molar-refractivity contribution in [1.82, 2.24) is 10.2 Å². The van der Waals surface area contributed by atoms with Gasteiger partial charge in [-0.15, -0.1) is 0 Å². The van der Waals surface area contributed by atoms with Crippen LogP contribution in [0.3, 0.4) is 0 Å². The van der Waals surface area contributed by atoms with Gasteiger partial charge in [0.25, 0.3) is 0 Å². The molecule has 2 saturated heterocycles. The number of hydrogen-bond donors (Lipinski definition) is 1. The molecule has 2 aliphatic heterocycles. The van der Waals surface area contributed by atoms with E-state index in [0.29, 0.717) is 11.5 Å². The predicted molar refractivity (Wildman–Crippen MR) is 71.6 cm³/mol. The van der Waals surface area contributed by atoms with Crippen LogP contribution in [0.25, 0.3) is 0 Å². The Morgan fingerprint density at radius 2 is 2.11 bits per heavy atom. The van der Waals surface area contributed by atoms with Gasteiger partial charge in [0.1, 0.15) is 5.60 Å². The van der Waals surface area contributed by atoms with E-state index in [1.54, 1.807) is 0 Å². The SMILES string of the molecule is CC1CC2(CCN1)CCN(C(=O)OC(C)(C)C)C2. The molecule has 1 amide bonds. The number of carbonyl (C=O) groups excluding carboxylic acids is 1. The molecule has 0 bridgehead atoms. The third-order valence-corrected chi connectivity index (χ3v) is 3.98. The van der Waals surface area contributed by atoms with Gasteiger partial charge in [-0.3, -0.25) is 0 Å². The number of amides is 1. The average Bonchev–Trinajstić information content (AvgIpc) is 2.59. The van der Waals surface area contributed by atoms with Gasteiger partial charge in [-0.1, -0.05) is 0 Å². The van der Waals surface area contributed by atoms with E-state index in [4.69, 9.17) is 4.74 Å². The monoisotopic (exact) mass is 254 g/mol. The van der Waals surface area contributed by atoms with Crippen molar-refractivity contribution < 1.29 is 9.53 Å². The van der Waals surface area contributed by atoms with Gasteiger partial charge in [-0.05, 0) is 58.9 Å². The van der Waals surface area contributed by atoms with Crippen LogP contribution in [0, 0.1) is 5.41 Å². The normalized spacial score (nSPS) is 32.9. The number of nitrogens with zero attached hydrogens (tertiary/aromatic N) is 1. The molecule has 0 aromatic rings. The largest absolute Gasteiger partial charge is 0.444 e. The molecule has 2 atom stereocenters. The van der Waals surface area contributed by atoms with Gasteiger partial charge in [0.05, 0.1) is 0 Å². The maximum absolute atomic E-state index is 12.1. The first-order valence-corrected chi connectivity index (χ1v) is 7.01. The van der Waals surface area contributed by atoms with Crippen molar-refractivity contribution in [3.8, 4) is 0 Å². The summed E-state index contributed by atoms with van der Waals surface area (Å²) in [5.41, 5.74) is -0.0597. The molecule has 0 saturated carbocycles. The van der Waals surface area contributed by atoms with Gasteiger partial charge in [0, 0.05) is 19.1 Å². The summed E-state index contributed by atoms with van der Waals surface area (Å²) in [6.07, 6.45) is 3.33. The minimum atomic E-state index is -0.395. The summed E-state index contributed by atoms with van der Waals surface area (Å²) < 4.78 is 5.45. The Kier molecular flexibility index (Phi) is 3.58. The molecule has 1 spiro atoms. The van der Waals surface area contributed by atoms with Crippen LogP contribution in [0.2, 0.25) is 0 Å². The highest BCUT2D eigenvalue weighted by Gasteiger charge is 2.43. The topological polar surface area (TPSA) is 41.6 Å². The maximum Gasteiger partial charge on any atom is 0.410 e. The molecule has 2 rings (SSSR count). The van der Waals surface area contributed by atoms with E-state index in [-0.39, 0.29) is 6.09 Å². The number of piperidine rings is 1. The number of hydrogen-bond acceptors (Lipinski definition) is 3. The lowest BCUT2D eigenvalue weighted by molar-refractivity contribution is 0.0260. The molecule has 2 fully saturated rings. The van der Waals surface area contributed by atoms with Crippen LogP contribution < -0.4 is 5.32 Å². The summed E-state index contributed by atoms with van der Waals surface area (Å²) in [6.45, 7) is 10.8. The van der Waals surface area contributed by atoms with Crippen molar-refractivity contribution >= 4 is 6.09 Å². The third-order valence-electron chi connectivity index (χ3n) is 3.98.